The Balaban J connectivity index is 1.09. The number of rotatable bonds is 6. The third-order valence-electron chi connectivity index (χ3n) is 8.06. The van der Waals surface area contributed by atoms with Gasteiger partial charge < -0.3 is 19.9 Å². The van der Waals surface area contributed by atoms with Crippen LogP contribution in [0, 0.1) is 5.92 Å². The van der Waals surface area contributed by atoms with Crippen molar-refractivity contribution in [2.24, 2.45) is 5.92 Å². The number of carbonyl (C=O) groups is 3. The van der Waals surface area contributed by atoms with E-state index in [1.54, 1.807) is 11.8 Å². The van der Waals surface area contributed by atoms with E-state index in [1.165, 1.54) is 5.56 Å². The third-order valence-corrected chi connectivity index (χ3v) is 8.06. The summed E-state index contributed by atoms with van der Waals surface area (Å²) in [6.07, 6.45) is 2.80. The van der Waals surface area contributed by atoms with Gasteiger partial charge >= 0.3 is 6.09 Å². The number of hydrogen-bond donors (Lipinski definition) is 1. The lowest BCUT2D eigenvalue weighted by Crippen LogP contribution is -2.41. The Kier molecular flexibility index (Phi) is 8.79. The standard InChI is InChI=1S/C33H37N3O4/c1-2-40-33(39)36-22-18-28(19-23-36)31(37)34-30-14-12-26(13-15-30)27-16-20-35(21-17-27)32(38)29-10-8-25(9-11-29)24-6-4-3-5-7-24/h3-15,27-28H,2,16-23H2,1H3,(H,34,37). The Morgan fingerprint density at radius 2 is 1.35 bits per heavy atom. The van der Waals surface area contributed by atoms with Crippen molar-refractivity contribution < 1.29 is 19.1 Å². The van der Waals surface area contributed by atoms with Crippen LogP contribution in [0.2, 0.25) is 0 Å². The summed E-state index contributed by atoms with van der Waals surface area (Å²) in [6, 6.07) is 26.2. The minimum atomic E-state index is -0.301. The molecule has 2 aliphatic heterocycles. The summed E-state index contributed by atoms with van der Waals surface area (Å²) in [5.74, 6) is 0.368. The SMILES string of the molecule is CCOC(=O)N1CCC(C(=O)Nc2ccc(C3CCN(C(=O)c4ccc(-c5ccccc5)cc4)CC3)cc2)CC1. The third kappa shape index (κ3) is 6.53. The molecule has 1 N–H and O–H groups in total. The molecule has 208 valence electrons. The van der Waals surface area contributed by atoms with Crippen molar-refractivity contribution in [2.45, 2.75) is 38.5 Å². The second kappa shape index (κ2) is 12.8. The number of hydrogen-bond acceptors (Lipinski definition) is 4. The summed E-state index contributed by atoms with van der Waals surface area (Å²) in [5.41, 5.74) is 5.00. The second-order valence-corrected chi connectivity index (χ2v) is 10.6. The average Bonchev–Trinajstić information content (AvgIpc) is 3.02. The Bertz CT molecular complexity index is 1290. The van der Waals surface area contributed by atoms with Crippen molar-refractivity contribution in [1.29, 1.82) is 0 Å². The lowest BCUT2D eigenvalue weighted by Gasteiger charge is -2.32. The smallest absolute Gasteiger partial charge is 0.409 e. The van der Waals surface area contributed by atoms with E-state index < -0.39 is 0 Å². The van der Waals surface area contributed by atoms with E-state index in [2.05, 4.69) is 29.6 Å². The maximum Gasteiger partial charge on any atom is 0.409 e. The first-order valence-electron chi connectivity index (χ1n) is 14.3. The quantitative estimate of drug-likeness (QED) is 0.406. The fourth-order valence-corrected chi connectivity index (χ4v) is 5.66. The number of nitrogens with zero attached hydrogens (tertiary/aromatic N) is 2. The normalized spacial score (nSPS) is 16.4. The fourth-order valence-electron chi connectivity index (χ4n) is 5.66. The summed E-state index contributed by atoms with van der Waals surface area (Å²) in [5, 5.41) is 3.04. The molecular formula is C33H37N3O4. The molecule has 7 heteroatoms. The topological polar surface area (TPSA) is 79.0 Å². The van der Waals surface area contributed by atoms with Gasteiger partial charge in [0.2, 0.25) is 5.91 Å². The van der Waals surface area contributed by atoms with Gasteiger partial charge in [0.05, 0.1) is 6.61 Å². The lowest BCUT2D eigenvalue weighted by atomic mass is 9.89. The van der Waals surface area contributed by atoms with Crippen molar-refractivity contribution in [3.63, 3.8) is 0 Å². The highest BCUT2D eigenvalue weighted by Gasteiger charge is 2.28. The largest absolute Gasteiger partial charge is 0.450 e. The van der Waals surface area contributed by atoms with E-state index in [9.17, 15) is 14.4 Å². The van der Waals surface area contributed by atoms with Crippen LogP contribution in [-0.4, -0.2) is 60.5 Å². The molecule has 0 saturated carbocycles. The molecule has 5 rings (SSSR count). The van der Waals surface area contributed by atoms with Gasteiger partial charge in [-0.25, -0.2) is 4.79 Å². The van der Waals surface area contributed by atoms with Crippen LogP contribution in [-0.2, 0) is 9.53 Å². The van der Waals surface area contributed by atoms with Gasteiger partial charge in [0, 0.05) is 43.3 Å². The molecule has 0 atom stereocenters. The predicted molar refractivity (Wildman–Crippen MR) is 156 cm³/mol. The van der Waals surface area contributed by atoms with Gasteiger partial charge in [-0.15, -0.1) is 0 Å². The zero-order chi connectivity index (χ0) is 27.9. The highest BCUT2D eigenvalue weighted by molar-refractivity contribution is 5.95. The minimum Gasteiger partial charge on any atom is -0.450 e. The van der Waals surface area contributed by atoms with Crippen molar-refractivity contribution in [2.75, 3.05) is 38.1 Å². The summed E-state index contributed by atoms with van der Waals surface area (Å²) in [6.45, 7) is 4.68. The first kappa shape index (κ1) is 27.4. The van der Waals surface area contributed by atoms with Crippen LogP contribution >= 0.6 is 0 Å². The van der Waals surface area contributed by atoms with Gasteiger partial charge in [-0.05, 0) is 79.5 Å². The molecule has 0 unspecified atom stereocenters. The van der Waals surface area contributed by atoms with E-state index in [-0.39, 0.29) is 23.8 Å². The molecule has 0 radical (unpaired) electrons. The summed E-state index contributed by atoms with van der Waals surface area (Å²) in [7, 11) is 0. The molecule has 0 spiro atoms. The monoisotopic (exact) mass is 539 g/mol. The predicted octanol–water partition coefficient (Wildman–Crippen LogP) is 6.18. The molecule has 0 aliphatic carbocycles. The highest BCUT2D eigenvalue weighted by atomic mass is 16.6. The number of benzene rings is 3. The first-order valence-corrected chi connectivity index (χ1v) is 14.3. The van der Waals surface area contributed by atoms with Gasteiger partial charge in [-0.3, -0.25) is 9.59 Å². The van der Waals surface area contributed by atoms with Gasteiger partial charge in [0.25, 0.3) is 5.91 Å². The van der Waals surface area contributed by atoms with Crippen molar-refractivity contribution in [1.82, 2.24) is 9.80 Å². The van der Waals surface area contributed by atoms with Crippen molar-refractivity contribution in [3.8, 4) is 11.1 Å². The summed E-state index contributed by atoms with van der Waals surface area (Å²) < 4.78 is 5.06. The minimum absolute atomic E-state index is 0.000111. The first-order chi connectivity index (χ1) is 19.5. The van der Waals surface area contributed by atoms with Crippen molar-refractivity contribution >= 4 is 23.6 Å². The maximum absolute atomic E-state index is 13.1. The second-order valence-electron chi connectivity index (χ2n) is 10.6. The lowest BCUT2D eigenvalue weighted by molar-refractivity contribution is -0.121. The molecule has 0 aromatic heterocycles. The van der Waals surface area contributed by atoms with Crippen LogP contribution in [0.1, 0.15) is 54.4 Å². The molecule has 2 aliphatic rings. The van der Waals surface area contributed by atoms with E-state index in [4.69, 9.17) is 4.74 Å². The maximum atomic E-state index is 13.1. The van der Waals surface area contributed by atoms with Crippen LogP contribution in [0.4, 0.5) is 10.5 Å². The number of amides is 3. The zero-order valence-electron chi connectivity index (χ0n) is 23.1. The summed E-state index contributed by atoms with van der Waals surface area (Å²) >= 11 is 0. The zero-order valence-corrected chi connectivity index (χ0v) is 23.1. The average molecular weight is 540 g/mol. The van der Waals surface area contributed by atoms with Crippen LogP contribution in [0.3, 0.4) is 0 Å². The van der Waals surface area contributed by atoms with E-state index in [0.717, 1.165) is 48.3 Å². The van der Waals surface area contributed by atoms with Crippen LogP contribution in [0.15, 0.2) is 78.9 Å². The molecule has 2 heterocycles. The molecule has 3 amide bonds. The molecule has 2 saturated heterocycles. The molecule has 3 aromatic carbocycles. The Morgan fingerprint density at radius 1 is 0.750 bits per heavy atom. The Labute approximate surface area is 236 Å². The van der Waals surface area contributed by atoms with Crippen molar-refractivity contribution in [3.05, 3.63) is 90.0 Å². The molecule has 0 bridgehead atoms. The summed E-state index contributed by atoms with van der Waals surface area (Å²) in [4.78, 5) is 41.4. The van der Waals surface area contributed by atoms with Crippen LogP contribution in [0.25, 0.3) is 11.1 Å². The number of nitrogens with one attached hydrogen (secondary N) is 1. The van der Waals surface area contributed by atoms with E-state index in [1.807, 2.05) is 59.5 Å². The number of ether oxygens (including phenoxy) is 1. The number of carbonyl (C=O) groups excluding carboxylic acids is 3. The van der Waals surface area contributed by atoms with E-state index in [0.29, 0.717) is 38.5 Å². The molecule has 40 heavy (non-hydrogen) atoms. The molecule has 3 aromatic rings. The molecule has 2 fully saturated rings. The fraction of sp³-hybridized carbons (Fsp3) is 0.364. The van der Waals surface area contributed by atoms with Crippen LogP contribution < -0.4 is 5.32 Å². The van der Waals surface area contributed by atoms with Gasteiger partial charge in [0.15, 0.2) is 0 Å². The number of anilines is 1. The van der Waals surface area contributed by atoms with E-state index >= 15 is 0 Å². The van der Waals surface area contributed by atoms with Crippen LogP contribution in [0.5, 0.6) is 0 Å². The van der Waals surface area contributed by atoms with Gasteiger partial charge in [0.1, 0.15) is 0 Å². The Morgan fingerprint density at radius 3 is 1.98 bits per heavy atom. The highest BCUT2D eigenvalue weighted by Crippen LogP contribution is 2.30. The van der Waals surface area contributed by atoms with Gasteiger partial charge in [-0.1, -0.05) is 54.6 Å². The molecule has 7 nitrogen and oxygen atoms in total. The number of piperidine rings is 2. The number of likely N-dealkylation sites (tertiary alicyclic amines) is 2. The molecular weight excluding hydrogens is 502 g/mol. The Hall–Kier alpha value is -4.13. The van der Waals surface area contributed by atoms with Gasteiger partial charge in [-0.2, -0.15) is 0 Å².